The lowest BCUT2D eigenvalue weighted by atomic mass is 9.84. The van der Waals surface area contributed by atoms with Crippen LogP contribution in [0.25, 0.3) is 0 Å². The monoisotopic (exact) mass is 213 g/mol. The molecule has 1 amide bonds. The zero-order chi connectivity index (χ0) is 11.5. The summed E-state index contributed by atoms with van der Waals surface area (Å²) in [4.78, 5) is 22.2. The van der Waals surface area contributed by atoms with Gasteiger partial charge in [-0.15, -0.1) is 0 Å². The summed E-state index contributed by atoms with van der Waals surface area (Å²) in [7, 11) is 0. The predicted molar refractivity (Wildman–Crippen MR) is 56.4 cm³/mol. The average Bonchev–Trinajstić information content (AvgIpc) is 1.99. The highest BCUT2D eigenvalue weighted by Gasteiger charge is 2.28. The van der Waals surface area contributed by atoms with Crippen LogP contribution in [0.5, 0.6) is 0 Å². The van der Waals surface area contributed by atoms with E-state index in [0.29, 0.717) is 13.0 Å². The van der Waals surface area contributed by atoms with Crippen LogP contribution in [0, 0.1) is 11.3 Å². The second kappa shape index (κ2) is 4.64. The van der Waals surface area contributed by atoms with Crippen molar-refractivity contribution in [3.8, 4) is 0 Å². The first-order chi connectivity index (χ1) is 6.93. The molecule has 4 heteroatoms. The standard InChI is InChI=1S/C11H19NO3/c1-11(2,10(14)15)6-7-12-9(13)8-4-3-5-8/h8H,3-7H2,1-2H3,(H,12,13)(H,14,15). The topological polar surface area (TPSA) is 66.4 Å². The van der Waals surface area contributed by atoms with Gasteiger partial charge < -0.3 is 10.4 Å². The Morgan fingerprint density at radius 2 is 2.00 bits per heavy atom. The van der Waals surface area contributed by atoms with E-state index in [-0.39, 0.29) is 11.8 Å². The third kappa shape index (κ3) is 3.22. The summed E-state index contributed by atoms with van der Waals surface area (Å²) in [5.41, 5.74) is -0.757. The molecule has 0 unspecified atom stereocenters. The Labute approximate surface area is 90.0 Å². The molecule has 0 radical (unpaired) electrons. The largest absolute Gasteiger partial charge is 0.481 e. The van der Waals surface area contributed by atoms with Crippen LogP contribution in [0.2, 0.25) is 0 Å². The van der Waals surface area contributed by atoms with Crippen molar-refractivity contribution >= 4 is 11.9 Å². The lowest BCUT2D eigenvalue weighted by Crippen LogP contribution is -2.37. The van der Waals surface area contributed by atoms with E-state index >= 15 is 0 Å². The number of carboxylic acid groups (broad SMARTS) is 1. The van der Waals surface area contributed by atoms with Crippen LogP contribution in [0.4, 0.5) is 0 Å². The second-order valence-electron chi connectivity index (χ2n) is 4.86. The van der Waals surface area contributed by atoms with Gasteiger partial charge in [0.15, 0.2) is 0 Å². The fourth-order valence-corrected chi connectivity index (χ4v) is 1.42. The molecule has 0 aromatic heterocycles. The summed E-state index contributed by atoms with van der Waals surface area (Å²) < 4.78 is 0. The number of hydrogen-bond acceptors (Lipinski definition) is 2. The first-order valence-corrected chi connectivity index (χ1v) is 5.44. The van der Waals surface area contributed by atoms with Crippen LogP contribution in [-0.2, 0) is 9.59 Å². The van der Waals surface area contributed by atoms with Gasteiger partial charge in [0.1, 0.15) is 0 Å². The van der Waals surface area contributed by atoms with E-state index in [0.717, 1.165) is 19.3 Å². The van der Waals surface area contributed by atoms with Crippen molar-refractivity contribution in [3.05, 3.63) is 0 Å². The molecule has 86 valence electrons. The minimum absolute atomic E-state index is 0.0856. The van der Waals surface area contributed by atoms with Gasteiger partial charge in [0.2, 0.25) is 5.91 Å². The molecule has 0 aromatic carbocycles. The van der Waals surface area contributed by atoms with Gasteiger partial charge in [-0.2, -0.15) is 0 Å². The third-order valence-corrected chi connectivity index (χ3v) is 3.10. The van der Waals surface area contributed by atoms with Gasteiger partial charge in [0.25, 0.3) is 0 Å². The molecule has 0 bridgehead atoms. The number of carboxylic acids is 1. The lowest BCUT2D eigenvalue weighted by Gasteiger charge is -2.25. The van der Waals surface area contributed by atoms with E-state index in [1.54, 1.807) is 13.8 Å². The van der Waals surface area contributed by atoms with E-state index in [1.165, 1.54) is 0 Å². The fourth-order valence-electron chi connectivity index (χ4n) is 1.42. The lowest BCUT2D eigenvalue weighted by molar-refractivity contribution is -0.147. The average molecular weight is 213 g/mol. The number of rotatable bonds is 5. The van der Waals surface area contributed by atoms with Crippen molar-refractivity contribution in [2.45, 2.75) is 39.5 Å². The highest BCUT2D eigenvalue weighted by Crippen LogP contribution is 2.26. The molecule has 1 aliphatic rings. The SMILES string of the molecule is CC(C)(CCNC(=O)C1CCC1)C(=O)O. The Morgan fingerprint density at radius 1 is 1.40 bits per heavy atom. The molecule has 0 atom stereocenters. The van der Waals surface area contributed by atoms with Gasteiger partial charge in [-0.25, -0.2) is 0 Å². The number of carbonyl (C=O) groups is 2. The molecule has 0 saturated heterocycles. The molecule has 15 heavy (non-hydrogen) atoms. The Morgan fingerprint density at radius 3 is 2.40 bits per heavy atom. The molecule has 0 spiro atoms. The molecule has 1 aliphatic carbocycles. The maximum atomic E-state index is 11.4. The fraction of sp³-hybridized carbons (Fsp3) is 0.818. The normalized spacial score (nSPS) is 16.9. The van der Waals surface area contributed by atoms with Crippen LogP contribution in [0.3, 0.4) is 0 Å². The molecule has 1 rings (SSSR count). The maximum absolute atomic E-state index is 11.4. The maximum Gasteiger partial charge on any atom is 0.309 e. The van der Waals surface area contributed by atoms with Gasteiger partial charge >= 0.3 is 5.97 Å². The molecule has 0 aliphatic heterocycles. The molecule has 0 aromatic rings. The van der Waals surface area contributed by atoms with Gasteiger partial charge in [0, 0.05) is 12.5 Å². The summed E-state index contributed by atoms with van der Waals surface area (Å²) in [5.74, 6) is -0.555. The quantitative estimate of drug-likeness (QED) is 0.725. The van der Waals surface area contributed by atoms with Crippen molar-refractivity contribution in [2.75, 3.05) is 6.54 Å². The zero-order valence-corrected chi connectivity index (χ0v) is 9.38. The highest BCUT2D eigenvalue weighted by molar-refractivity contribution is 5.79. The van der Waals surface area contributed by atoms with Crippen LogP contribution in [-0.4, -0.2) is 23.5 Å². The van der Waals surface area contributed by atoms with Gasteiger partial charge in [-0.3, -0.25) is 9.59 Å². The van der Waals surface area contributed by atoms with Crippen molar-refractivity contribution in [1.82, 2.24) is 5.32 Å². The van der Waals surface area contributed by atoms with Crippen molar-refractivity contribution in [3.63, 3.8) is 0 Å². The van der Waals surface area contributed by atoms with Crippen LogP contribution in [0.1, 0.15) is 39.5 Å². The van der Waals surface area contributed by atoms with E-state index in [1.807, 2.05) is 0 Å². The van der Waals surface area contributed by atoms with E-state index in [9.17, 15) is 9.59 Å². The molecule has 4 nitrogen and oxygen atoms in total. The van der Waals surface area contributed by atoms with Gasteiger partial charge in [-0.1, -0.05) is 6.42 Å². The van der Waals surface area contributed by atoms with Crippen molar-refractivity contribution in [2.24, 2.45) is 11.3 Å². The Balaban J connectivity index is 2.20. The summed E-state index contributed by atoms with van der Waals surface area (Å²) in [6, 6.07) is 0. The van der Waals surface area contributed by atoms with Gasteiger partial charge in [0.05, 0.1) is 5.41 Å². The molecule has 0 heterocycles. The third-order valence-electron chi connectivity index (χ3n) is 3.10. The minimum Gasteiger partial charge on any atom is -0.481 e. The summed E-state index contributed by atoms with van der Waals surface area (Å²) >= 11 is 0. The Bertz CT molecular complexity index is 257. The highest BCUT2D eigenvalue weighted by atomic mass is 16.4. The van der Waals surface area contributed by atoms with Crippen molar-refractivity contribution < 1.29 is 14.7 Å². The molecular weight excluding hydrogens is 194 g/mol. The van der Waals surface area contributed by atoms with Gasteiger partial charge in [-0.05, 0) is 33.1 Å². The Hall–Kier alpha value is -1.06. The number of carbonyl (C=O) groups excluding carboxylic acids is 1. The predicted octanol–water partition coefficient (Wildman–Crippen LogP) is 1.40. The van der Waals surface area contributed by atoms with Crippen molar-refractivity contribution in [1.29, 1.82) is 0 Å². The van der Waals surface area contributed by atoms with Crippen LogP contribution >= 0.6 is 0 Å². The zero-order valence-electron chi connectivity index (χ0n) is 9.38. The number of amides is 1. The number of hydrogen-bond donors (Lipinski definition) is 2. The number of aliphatic carboxylic acids is 1. The van der Waals surface area contributed by atoms with E-state index in [2.05, 4.69) is 5.32 Å². The van der Waals surface area contributed by atoms with E-state index < -0.39 is 11.4 Å². The molecule has 1 fully saturated rings. The van der Waals surface area contributed by atoms with Crippen LogP contribution < -0.4 is 5.32 Å². The van der Waals surface area contributed by atoms with Crippen LogP contribution in [0.15, 0.2) is 0 Å². The van der Waals surface area contributed by atoms with E-state index in [4.69, 9.17) is 5.11 Å². The molecule has 1 saturated carbocycles. The molecular formula is C11H19NO3. The Kier molecular flexibility index (Phi) is 3.72. The smallest absolute Gasteiger partial charge is 0.309 e. The first-order valence-electron chi connectivity index (χ1n) is 5.44. The minimum atomic E-state index is -0.819. The summed E-state index contributed by atoms with van der Waals surface area (Å²) in [6.07, 6.45) is 3.57. The molecule has 2 N–H and O–H groups in total. The summed E-state index contributed by atoms with van der Waals surface area (Å²) in [6.45, 7) is 3.80. The second-order valence-corrected chi connectivity index (χ2v) is 4.86. The number of nitrogens with one attached hydrogen (secondary N) is 1. The summed E-state index contributed by atoms with van der Waals surface area (Å²) in [5, 5.41) is 11.7. The first kappa shape index (κ1) is 12.0.